The minimum Gasteiger partial charge on any atom is -0.462 e. The van der Waals surface area contributed by atoms with Gasteiger partial charge in [0.25, 0.3) is 0 Å². The van der Waals surface area contributed by atoms with Crippen molar-refractivity contribution in [2.45, 2.75) is 161 Å². The fourth-order valence-electron chi connectivity index (χ4n) is 5.03. The summed E-state index contributed by atoms with van der Waals surface area (Å²) < 4.78 is 32.6. The van der Waals surface area contributed by atoms with Gasteiger partial charge in [-0.1, -0.05) is 132 Å². The number of hydrogen-bond donors (Lipinski definition) is 3. The first-order valence-corrected chi connectivity index (χ1v) is 22.0. The van der Waals surface area contributed by atoms with Crippen LogP contribution in [0.15, 0.2) is 72.9 Å². The molecular weight excluding hydrogens is 705 g/mol. The van der Waals surface area contributed by atoms with Crippen LogP contribution in [0.4, 0.5) is 0 Å². The first-order valence-electron chi connectivity index (χ1n) is 20.5. The SMILES string of the molecule is CCCCC/C=C\C/C=C\CCCCCCCC(=O)O[C@H](COC(=O)CCC/C=C/C=C\C(O)C/C=C\C/C=C\CCCCC)COP(=O)(O)OCCN. The van der Waals surface area contributed by atoms with Crippen LogP contribution in [0.2, 0.25) is 0 Å². The van der Waals surface area contributed by atoms with Gasteiger partial charge in [-0.15, -0.1) is 0 Å². The summed E-state index contributed by atoms with van der Waals surface area (Å²) in [5.41, 5.74) is 5.33. The lowest BCUT2D eigenvalue weighted by atomic mass is 10.1. The van der Waals surface area contributed by atoms with Crippen molar-refractivity contribution in [3.8, 4) is 0 Å². The second-order valence-electron chi connectivity index (χ2n) is 13.3. The molecule has 0 aliphatic heterocycles. The number of aliphatic hydroxyl groups is 1. The molecule has 0 bridgehead atoms. The van der Waals surface area contributed by atoms with Crippen LogP contribution in [0.25, 0.3) is 0 Å². The number of rotatable bonds is 37. The van der Waals surface area contributed by atoms with E-state index in [0.29, 0.717) is 25.7 Å². The van der Waals surface area contributed by atoms with Gasteiger partial charge < -0.3 is 25.2 Å². The minimum absolute atomic E-state index is 0.0279. The summed E-state index contributed by atoms with van der Waals surface area (Å²) in [5, 5.41) is 10.1. The molecule has 0 fully saturated rings. The van der Waals surface area contributed by atoms with Crippen molar-refractivity contribution in [3.05, 3.63) is 72.9 Å². The van der Waals surface area contributed by atoms with E-state index in [0.717, 1.165) is 57.8 Å². The van der Waals surface area contributed by atoms with E-state index in [-0.39, 0.29) is 32.6 Å². The Bertz CT molecular complexity index is 1130. The number of unbranched alkanes of at least 4 members (excludes halogenated alkanes) is 12. The highest BCUT2D eigenvalue weighted by molar-refractivity contribution is 7.47. The van der Waals surface area contributed by atoms with Crippen molar-refractivity contribution in [3.63, 3.8) is 0 Å². The molecule has 10 nitrogen and oxygen atoms in total. The molecule has 54 heavy (non-hydrogen) atoms. The van der Waals surface area contributed by atoms with Crippen molar-refractivity contribution in [2.75, 3.05) is 26.4 Å². The van der Waals surface area contributed by atoms with Crippen LogP contribution >= 0.6 is 7.82 Å². The molecule has 0 rings (SSSR count). The summed E-state index contributed by atoms with van der Waals surface area (Å²) >= 11 is 0. The largest absolute Gasteiger partial charge is 0.472 e. The van der Waals surface area contributed by atoms with E-state index >= 15 is 0 Å². The lowest BCUT2D eigenvalue weighted by molar-refractivity contribution is -0.161. The Morgan fingerprint density at radius 1 is 0.648 bits per heavy atom. The summed E-state index contributed by atoms with van der Waals surface area (Å²) in [4.78, 5) is 34.8. The Labute approximate surface area is 327 Å². The predicted octanol–water partition coefficient (Wildman–Crippen LogP) is 10.5. The van der Waals surface area contributed by atoms with Crippen LogP contribution in [0.5, 0.6) is 0 Å². The maximum absolute atomic E-state index is 12.5. The minimum atomic E-state index is -4.41. The van der Waals surface area contributed by atoms with Gasteiger partial charge in [0.1, 0.15) is 6.61 Å². The molecule has 0 saturated heterocycles. The Hall–Kier alpha value is -2.59. The number of hydrogen-bond acceptors (Lipinski definition) is 9. The Balaban J connectivity index is 4.41. The average molecular weight is 780 g/mol. The smallest absolute Gasteiger partial charge is 0.462 e. The number of phosphoric ester groups is 1. The Kier molecular flexibility index (Phi) is 36.8. The van der Waals surface area contributed by atoms with Crippen molar-refractivity contribution in [1.29, 1.82) is 0 Å². The zero-order chi connectivity index (χ0) is 39.8. The highest BCUT2D eigenvalue weighted by Crippen LogP contribution is 2.43. The molecule has 0 saturated carbocycles. The first kappa shape index (κ1) is 51.4. The number of phosphoric acid groups is 1. The molecule has 0 aliphatic rings. The number of carbonyl (C=O) groups is 2. The molecular formula is C43H74NO9P. The van der Waals surface area contributed by atoms with Gasteiger partial charge in [-0.2, -0.15) is 0 Å². The molecule has 310 valence electrons. The summed E-state index contributed by atoms with van der Waals surface area (Å²) in [6, 6.07) is 0. The second kappa shape index (κ2) is 38.7. The Morgan fingerprint density at radius 3 is 1.83 bits per heavy atom. The summed E-state index contributed by atoms with van der Waals surface area (Å²) in [6.45, 7) is 3.47. The van der Waals surface area contributed by atoms with E-state index in [9.17, 15) is 24.2 Å². The molecule has 11 heteroatoms. The highest BCUT2D eigenvalue weighted by Gasteiger charge is 2.25. The van der Waals surface area contributed by atoms with Gasteiger partial charge >= 0.3 is 19.8 Å². The predicted molar refractivity (Wildman–Crippen MR) is 221 cm³/mol. The standard InChI is InChI=1S/C43H74NO9P/c1-3-5-7-9-11-13-14-15-16-17-18-20-22-26-31-35-43(47)53-41(39-52-54(48,49)51-37-36-44)38-50-42(46)34-30-27-23-25-29-33-40(45)32-28-24-21-19-12-10-8-6-4-2/h11-13,15-16,19,23-25,28-29,33,40-41,45H,3-10,14,17-18,20-22,26-27,30-32,34-39,44H2,1-2H3,(H,48,49)/b13-11-,16-15-,19-12-,25-23+,28-24-,33-29-/t40?,41-/m1/s1. The molecule has 3 atom stereocenters. The number of aliphatic hydroxyl groups excluding tert-OH is 1. The zero-order valence-electron chi connectivity index (χ0n) is 33.5. The number of carbonyl (C=O) groups excluding carboxylic acids is 2. The molecule has 2 unspecified atom stereocenters. The quantitative estimate of drug-likeness (QED) is 0.0182. The van der Waals surface area contributed by atoms with Crippen LogP contribution in [0.1, 0.15) is 149 Å². The number of esters is 2. The van der Waals surface area contributed by atoms with Gasteiger partial charge in [0.15, 0.2) is 6.10 Å². The monoisotopic (exact) mass is 780 g/mol. The van der Waals surface area contributed by atoms with Gasteiger partial charge in [-0.25, -0.2) is 4.57 Å². The van der Waals surface area contributed by atoms with E-state index in [1.54, 1.807) is 12.2 Å². The van der Waals surface area contributed by atoms with Crippen molar-refractivity contribution < 1.29 is 42.7 Å². The molecule has 4 N–H and O–H groups in total. The fraction of sp³-hybridized carbons (Fsp3) is 0.674. The third kappa shape index (κ3) is 37.7. The third-order valence-electron chi connectivity index (χ3n) is 8.15. The molecule has 0 aliphatic carbocycles. The molecule has 0 aromatic heterocycles. The lowest BCUT2D eigenvalue weighted by Crippen LogP contribution is -2.29. The van der Waals surface area contributed by atoms with Gasteiger partial charge in [0, 0.05) is 19.4 Å². The van der Waals surface area contributed by atoms with Crippen LogP contribution in [0.3, 0.4) is 0 Å². The van der Waals surface area contributed by atoms with E-state index in [2.05, 4.69) is 56.4 Å². The van der Waals surface area contributed by atoms with Gasteiger partial charge in [0.2, 0.25) is 0 Å². The molecule has 0 aromatic carbocycles. The zero-order valence-corrected chi connectivity index (χ0v) is 34.4. The second-order valence-corrected chi connectivity index (χ2v) is 14.8. The van der Waals surface area contributed by atoms with Crippen LogP contribution in [-0.4, -0.2) is 60.5 Å². The van der Waals surface area contributed by atoms with Gasteiger partial charge in [-0.3, -0.25) is 18.6 Å². The van der Waals surface area contributed by atoms with E-state index in [4.69, 9.17) is 24.3 Å². The normalized spacial score (nSPS) is 14.7. The van der Waals surface area contributed by atoms with Gasteiger partial charge in [-0.05, 0) is 77.0 Å². The van der Waals surface area contributed by atoms with Crippen molar-refractivity contribution in [1.82, 2.24) is 0 Å². The number of allylic oxidation sites excluding steroid dienone is 10. The maximum Gasteiger partial charge on any atom is 0.472 e. The summed E-state index contributed by atoms with van der Waals surface area (Å²) in [7, 11) is -4.41. The number of nitrogens with two attached hydrogens (primary N) is 1. The molecule has 0 heterocycles. The first-order chi connectivity index (χ1) is 26.2. The average Bonchev–Trinajstić information content (AvgIpc) is 3.15. The van der Waals surface area contributed by atoms with Crippen molar-refractivity contribution >= 4 is 19.8 Å². The maximum atomic E-state index is 12.5. The van der Waals surface area contributed by atoms with Crippen LogP contribution in [0, 0.1) is 0 Å². The highest BCUT2D eigenvalue weighted by atomic mass is 31.2. The molecule has 0 spiro atoms. The van der Waals surface area contributed by atoms with Gasteiger partial charge in [0.05, 0.1) is 19.3 Å². The fourth-order valence-corrected chi connectivity index (χ4v) is 5.79. The van der Waals surface area contributed by atoms with Crippen LogP contribution in [-0.2, 0) is 32.7 Å². The Morgan fingerprint density at radius 2 is 1.20 bits per heavy atom. The number of ether oxygens (including phenoxy) is 2. The lowest BCUT2D eigenvalue weighted by Gasteiger charge is -2.19. The van der Waals surface area contributed by atoms with E-state index in [1.165, 1.54) is 38.5 Å². The third-order valence-corrected chi connectivity index (χ3v) is 9.13. The summed E-state index contributed by atoms with van der Waals surface area (Å²) in [5.74, 6) is -0.982. The van der Waals surface area contributed by atoms with Crippen LogP contribution < -0.4 is 5.73 Å². The molecule has 0 amide bonds. The topological polar surface area (TPSA) is 155 Å². The van der Waals surface area contributed by atoms with E-state index < -0.39 is 38.6 Å². The van der Waals surface area contributed by atoms with E-state index in [1.807, 2.05) is 18.2 Å². The van der Waals surface area contributed by atoms with Crippen molar-refractivity contribution in [2.24, 2.45) is 5.73 Å². The summed E-state index contributed by atoms with van der Waals surface area (Å²) in [6.07, 6.45) is 42.4. The molecule has 0 radical (unpaired) electrons. The molecule has 0 aromatic rings.